The molecule has 7 aromatic carbocycles. The van der Waals surface area contributed by atoms with Crippen molar-refractivity contribution in [1.82, 2.24) is 15.0 Å². The second-order valence-electron chi connectivity index (χ2n) is 11.4. The summed E-state index contributed by atoms with van der Waals surface area (Å²) in [5.74, 6) is -0.710. The molecule has 0 amide bonds. The van der Waals surface area contributed by atoms with E-state index in [4.69, 9.17) is 18.1 Å². The number of benzene rings is 7. The second kappa shape index (κ2) is 12.2. The van der Waals surface area contributed by atoms with Crippen LogP contribution in [-0.2, 0) is 0 Å². The van der Waals surface area contributed by atoms with Crippen LogP contribution in [-0.4, -0.2) is 15.0 Å². The molecule has 0 saturated carbocycles. The van der Waals surface area contributed by atoms with Crippen LogP contribution in [0.5, 0.6) is 0 Å². The Bertz CT molecular complexity index is 3010. The van der Waals surface area contributed by atoms with Gasteiger partial charge >= 0.3 is 0 Å². The Morgan fingerprint density at radius 1 is 0.347 bits per heavy atom. The first-order valence-corrected chi connectivity index (χ1v) is 15.5. The van der Waals surface area contributed by atoms with Crippen molar-refractivity contribution in [3.05, 3.63) is 176 Å². The smallest absolute Gasteiger partial charge is 0.164 e. The molecule has 2 heterocycles. The lowest BCUT2D eigenvalue weighted by molar-refractivity contribution is 0.669. The van der Waals surface area contributed by atoms with E-state index in [2.05, 4.69) is 75.6 Å². The Labute approximate surface area is 298 Å². The summed E-state index contributed by atoms with van der Waals surface area (Å²) in [6.45, 7) is 0. The van der Waals surface area contributed by atoms with Gasteiger partial charge in [0.1, 0.15) is 11.2 Å². The molecule has 0 radical (unpaired) electrons. The molecule has 9 aromatic rings. The number of furan rings is 1. The van der Waals surface area contributed by atoms with Crippen molar-refractivity contribution in [2.75, 3.05) is 0 Å². The molecule has 9 rings (SSSR count). The van der Waals surface area contributed by atoms with E-state index in [1.807, 2.05) is 42.5 Å². The molecular weight excluding hydrogens is 599 g/mol. The molecule has 49 heavy (non-hydrogen) atoms. The van der Waals surface area contributed by atoms with Gasteiger partial charge in [-0.05, 0) is 57.6 Å². The number of nitrogens with zero attached hydrogens (tertiary/aromatic N) is 3. The highest BCUT2D eigenvalue weighted by molar-refractivity contribution is 6.06. The molecule has 0 spiro atoms. The Morgan fingerprint density at radius 2 is 0.714 bits per heavy atom. The molecule has 0 N–H and O–H groups in total. The van der Waals surface area contributed by atoms with Crippen molar-refractivity contribution in [2.24, 2.45) is 0 Å². The van der Waals surface area contributed by atoms with Crippen molar-refractivity contribution in [3.63, 3.8) is 0 Å². The molecule has 0 unspecified atom stereocenters. The van der Waals surface area contributed by atoms with Crippen LogP contribution in [0.3, 0.4) is 0 Å². The zero-order valence-electron chi connectivity index (χ0n) is 35.7. The predicted molar refractivity (Wildman–Crippen MR) is 200 cm³/mol. The van der Waals surface area contributed by atoms with E-state index in [1.165, 1.54) is 5.56 Å². The van der Waals surface area contributed by atoms with Gasteiger partial charge < -0.3 is 4.42 Å². The summed E-state index contributed by atoms with van der Waals surface area (Å²) in [7, 11) is 0. The molecule has 4 heteroatoms. The van der Waals surface area contributed by atoms with Crippen molar-refractivity contribution < 1.29 is 18.1 Å². The minimum absolute atomic E-state index is 0.0403. The molecule has 2 aromatic heterocycles. The van der Waals surface area contributed by atoms with Crippen LogP contribution in [0.15, 0.2) is 180 Å². The van der Waals surface area contributed by atoms with Gasteiger partial charge in [-0.1, -0.05) is 151 Å². The third-order valence-corrected chi connectivity index (χ3v) is 8.36. The number of fused-ring (bicyclic) bond motifs is 3. The summed E-state index contributed by atoms with van der Waals surface area (Å²) >= 11 is 0. The minimum Gasteiger partial charge on any atom is -0.456 e. The van der Waals surface area contributed by atoms with E-state index < -0.39 is 60.4 Å². The lowest BCUT2D eigenvalue weighted by atomic mass is 9.97. The maximum absolute atomic E-state index is 8.59. The Kier molecular flexibility index (Phi) is 4.94. The van der Waals surface area contributed by atoms with Crippen LogP contribution in [0.25, 0.3) is 89.5 Å². The quantitative estimate of drug-likeness (QED) is 0.182. The van der Waals surface area contributed by atoms with Crippen LogP contribution in [0, 0.1) is 0 Å². The standard InChI is InChI=1S/C45H29N3O/c1-4-10-30(11-5-1)31-16-18-32(19-17-31)33-20-22-34(23-21-33)37-24-26-39-40-27-25-38(29-42(40)49-41(39)28-37)45-47-43(35-12-6-2-7-13-35)46-44(48-45)36-14-8-3-9-15-36/h1-29H/i2D,3D,6D,7D,8D,9D,12D,13D,14D,15D. The Hall–Kier alpha value is -6.65. The highest BCUT2D eigenvalue weighted by atomic mass is 16.3. The number of aromatic nitrogens is 3. The van der Waals surface area contributed by atoms with Gasteiger partial charge in [0, 0.05) is 27.5 Å². The normalized spacial score (nSPS) is 14.1. The summed E-state index contributed by atoms with van der Waals surface area (Å²) < 4.78 is 89.8. The number of hydrogen-bond donors (Lipinski definition) is 0. The summed E-state index contributed by atoms with van der Waals surface area (Å²) in [6.07, 6.45) is 0. The van der Waals surface area contributed by atoms with E-state index >= 15 is 0 Å². The fourth-order valence-electron chi connectivity index (χ4n) is 5.89. The number of hydrogen-bond acceptors (Lipinski definition) is 4. The molecule has 0 fully saturated rings. The monoisotopic (exact) mass is 637 g/mol. The lowest BCUT2D eigenvalue weighted by Crippen LogP contribution is -2.00. The highest BCUT2D eigenvalue weighted by Gasteiger charge is 2.15. The molecule has 0 atom stereocenters. The summed E-state index contributed by atoms with van der Waals surface area (Å²) in [5, 5.41) is 1.66. The van der Waals surface area contributed by atoms with Crippen molar-refractivity contribution >= 4 is 21.9 Å². The summed E-state index contributed by atoms with van der Waals surface area (Å²) in [6, 6.07) is 32.3. The van der Waals surface area contributed by atoms with Gasteiger partial charge in [0.2, 0.25) is 0 Å². The first-order valence-electron chi connectivity index (χ1n) is 20.5. The number of rotatable bonds is 6. The minimum atomic E-state index is -0.611. The van der Waals surface area contributed by atoms with Crippen molar-refractivity contribution in [3.8, 4) is 67.5 Å². The zero-order chi connectivity index (χ0) is 41.3. The summed E-state index contributed by atoms with van der Waals surface area (Å²) in [4.78, 5) is 13.4. The van der Waals surface area contributed by atoms with Gasteiger partial charge in [0.25, 0.3) is 0 Å². The first kappa shape index (κ1) is 19.9. The average Bonchev–Trinajstić information content (AvgIpc) is 3.64. The predicted octanol–water partition coefficient (Wildman–Crippen LogP) is 11.8. The first-order chi connectivity index (χ1) is 28.4. The van der Waals surface area contributed by atoms with E-state index in [0.717, 1.165) is 38.6 Å². The molecule has 0 aliphatic rings. The van der Waals surface area contributed by atoms with Crippen LogP contribution in [0.1, 0.15) is 13.7 Å². The maximum Gasteiger partial charge on any atom is 0.164 e. The fraction of sp³-hybridized carbons (Fsp3) is 0. The average molecular weight is 638 g/mol. The van der Waals surface area contributed by atoms with E-state index in [0.29, 0.717) is 16.7 Å². The van der Waals surface area contributed by atoms with E-state index in [9.17, 15) is 0 Å². The van der Waals surface area contributed by atoms with Gasteiger partial charge in [0.05, 0.1) is 13.7 Å². The summed E-state index contributed by atoms with van der Waals surface area (Å²) in [5.41, 5.74) is 7.31. The van der Waals surface area contributed by atoms with Crippen molar-refractivity contribution in [2.45, 2.75) is 0 Å². The Morgan fingerprint density at radius 3 is 1.20 bits per heavy atom. The van der Waals surface area contributed by atoms with Crippen LogP contribution in [0.4, 0.5) is 0 Å². The largest absolute Gasteiger partial charge is 0.456 e. The third kappa shape index (κ3) is 5.56. The molecule has 230 valence electrons. The molecule has 0 aliphatic carbocycles. The highest BCUT2D eigenvalue weighted by Crippen LogP contribution is 2.35. The van der Waals surface area contributed by atoms with E-state index in [1.54, 1.807) is 12.1 Å². The molecule has 0 aliphatic heterocycles. The van der Waals surface area contributed by atoms with Crippen molar-refractivity contribution in [1.29, 1.82) is 0 Å². The Balaban J connectivity index is 1.11. The van der Waals surface area contributed by atoms with Gasteiger partial charge in [-0.15, -0.1) is 0 Å². The molecular formula is C45H29N3O. The SMILES string of the molecule is [2H]c1c([2H])c([2H])c(-c2nc(-c3ccc4c(c3)oc3cc(-c5ccc(-c6ccc(-c7ccccc7)cc6)cc5)ccc34)nc(-c3c([2H])c([2H])c([2H])c([2H])c3[2H])n2)c([2H])c1[2H]. The van der Waals surface area contributed by atoms with E-state index in [-0.39, 0.29) is 28.6 Å². The van der Waals surface area contributed by atoms with Gasteiger partial charge in [-0.25, -0.2) is 15.0 Å². The molecule has 0 bridgehead atoms. The van der Waals surface area contributed by atoms with Crippen LogP contribution >= 0.6 is 0 Å². The second-order valence-corrected chi connectivity index (χ2v) is 11.4. The van der Waals surface area contributed by atoms with Crippen LogP contribution < -0.4 is 0 Å². The van der Waals surface area contributed by atoms with Gasteiger partial charge in [-0.2, -0.15) is 0 Å². The molecule has 4 nitrogen and oxygen atoms in total. The third-order valence-electron chi connectivity index (χ3n) is 8.36. The van der Waals surface area contributed by atoms with Gasteiger partial charge in [0.15, 0.2) is 17.5 Å². The van der Waals surface area contributed by atoms with Crippen LogP contribution in [0.2, 0.25) is 0 Å². The topological polar surface area (TPSA) is 51.8 Å². The maximum atomic E-state index is 8.59. The van der Waals surface area contributed by atoms with Gasteiger partial charge in [-0.3, -0.25) is 0 Å². The fourth-order valence-corrected chi connectivity index (χ4v) is 5.89. The lowest BCUT2D eigenvalue weighted by Gasteiger charge is -2.08. The molecule has 0 saturated heterocycles. The zero-order valence-corrected chi connectivity index (χ0v) is 25.7.